The predicted molar refractivity (Wildman–Crippen MR) is 85.1 cm³/mol. The summed E-state index contributed by atoms with van der Waals surface area (Å²) in [5, 5.41) is 28.8. The van der Waals surface area contributed by atoms with E-state index < -0.39 is 21.7 Å². The minimum atomic E-state index is -0.721. The van der Waals surface area contributed by atoms with Gasteiger partial charge in [0, 0.05) is 22.3 Å². The summed E-state index contributed by atoms with van der Waals surface area (Å²) < 4.78 is 1.21. The van der Waals surface area contributed by atoms with Gasteiger partial charge in [0.25, 0.3) is 11.6 Å². The van der Waals surface area contributed by atoms with E-state index in [-0.39, 0.29) is 17.8 Å². The molecule has 25 heavy (non-hydrogen) atoms. The number of nitrogens with zero attached hydrogens (tertiary/aromatic N) is 6. The van der Waals surface area contributed by atoms with Gasteiger partial charge in [-0.3, -0.25) is 14.9 Å². The van der Waals surface area contributed by atoms with E-state index in [9.17, 15) is 25.0 Å². The number of rotatable bonds is 6. The molecule has 0 unspecified atom stereocenters. The molecule has 0 fully saturated rings. The highest BCUT2D eigenvalue weighted by atomic mass is 16.6. The number of carbonyl (C=O) groups is 1. The van der Waals surface area contributed by atoms with E-state index in [4.69, 9.17) is 0 Å². The van der Waals surface area contributed by atoms with E-state index in [2.05, 4.69) is 20.6 Å². The van der Waals surface area contributed by atoms with Crippen LogP contribution in [0, 0.1) is 27.2 Å². The quantitative estimate of drug-likeness (QED) is 0.467. The number of hydrogen-bond donors (Lipinski definition) is 1. The summed E-state index contributed by atoms with van der Waals surface area (Å²) >= 11 is 0. The molecule has 0 aliphatic heterocycles. The van der Waals surface area contributed by atoms with Gasteiger partial charge < -0.3 is 10.1 Å². The summed E-state index contributed by atoms with van der Waals surface area (Å²) in [4.78, 5) is 35.5. The van der Waals surface area contributed by atoms with E-state index in [1.165, 1.54) is 36.1 Å². The average Bonchev–Trinajstić information content (AvgIpc) is 3.00. The zero-order chi connectivity index (χ0) is 18.6. The molecule has 1 amide bonds. The summed E-state index contributed by atoms with van der Waals surface area (Å²) in [5.41, 5.74) is 3.22. The maximum Gasteiger partial charge on any atom is 0.490 e. The van der Waals surface area contributed by atoms with Crippen molar-refractivity contribution in [3.63, 3.8) is 0 Å². The first-order chi connectivity index (χ1) is 11.8. The van der Waals surface area contributed by atoms with Crippen molar-refractivity contribution in [2.45, 2.75) is 20.4 Å². The maximum absolute atomic E-state index is 12.0. The summed E-state index contributed by atoms with van der Waals surface area (Å²) in [6, 6.07) is 3.96. The van der Waals surface area contributed by atoms with Crippen LogP contribution in [0.25, 0.3) is 0 Å². The van der Waals surface area contributed by atoms with E-state index in [0.717, 1.165) is 0 Å². The standard InChI is InChI=1S/C13H13N7O5/c1-8-5-10(3-4-11(8)19(22)23)12(21)16-15-9(2)6-18-7-14-13(17-18)20(24)25/h3-5,7H,6H2,1-2H3,(H,16,21). The highest BCUT2D eigenvalue weighted by Gasteiger charge is 2.15. The smallest absolute Gasteiger partial charge is 0.390 e. The minimum Gasteiger partial charge on any atom is -0.390 e. The number of amides is 1. The zero-order valence-corrected chi connectivity index (χ0v) is 13.2. The molecule has 1 aromatic heterocycles. The second-order valence-corrected chi connectivity index (χ2v) is 5.05. The van der Waals surface area contributed by atoms with Crippen molar-refractivity contribution in [3.8, 4) is 0 Å². The van der Waals surface area contributed by atoms with Crippen molar-refractivity contribution in [2.75, 3.05) is 0 Å². The summed E-state index contributed by atoms with van der Waals surface area (Å²) in [6.45, 7) is 3.22. The van der Waals surface area contributed by atoms with Crippen molar-refractivity contribution in [1.29, 1.82) is 0 Å². The van der Waals surface area contributed by atoms with Gasteiger partial charge >= 0.3 is 5.95 Å². The molecule has 0 saturated heterocycles. The highest BCUT2D eigenvalue weighted by Crippen LogP contribution is 2.18. The van der Waals surface area contributed by atoms with E-state index in [1.807, 2.05) is 0 Å². The van der Waals surface area contributed by atoms with Gasteiger partial charge in [-0.25, -0.2) is 5.43 Å². The van der Waals surface area contributed by atoms with Gasteiger partial charge in [0.1, 0.15) is 0 Å². The van der Waals surface area contributed by atoms with Crippen LogP contribution in [0.2, 0.25) is 0 Å². The molecule has 130 valence electrons. The van der Waals surface area contributed by atoms with Crippen LogP contribution >= 0.6 is 0 Å². The molecule has 2 aromatic rings. The van der Waals surface area contributed by atoms with Crippen molar-refractivity contribution in [2.24, 2.45) is 5.10 Å². The highest BCUT2D eigenvalue weighted by molar-refractivity contribution is 5.95. The molecular weight excluding hydrogens is 334 g/mol. The first-order valence-electron chi connectivity index (χ1n) is 6.90. The van der Waals surface area contributed by atoms with Gasteiger partial charge in [-0.2, -0.15) is 9.78 Å². The Morgan fingerprint density at radius 2 is 2.04 bits per heavy atom. The van der Waals surface area contributed by atoms with Gasteiger partial charge in [0.05, 0.1) is 17.2 Å². The fourth-order valence-electron chi connectivity index (χ4n) is 1.93. The molecule has 0 aliphatic rings. The third kappa shape index (κ3) is 4.40. The molecule has 0 radical (unpaired) electrons. The average molecular weight is 347 g/mol. The Balaban J connectivity index is 2.02. The lowest BCUT2D eigenvalue weighted by atomic mass is 10.1. The Morgan fingerprint density at radius 3 is 2.60 bits per heavy atom. The normalized spacial score (nSPS) is 11.2. The molecule has 12 heteroatoms. The molecular formula is C13H13N7O5. The number of hydrogen-bond acceptors (Lipinski definition) is 8. The largest absolute Gasteiger partial charge is 0.490 e. The Hall–Kier alpha value is -3.70. The molecule has 1 heterocycles. The lowest BCUT2D eigenvalue weighted by Crippen LogP contribution is -2.21. The maximum atomic E-state index is 12.0. The van der Waals surface area contributed by atoms with Crippen LogP contribution in [-0.2, 0) is 6.54 Å². The number of carbonyl (C=O) groups excluding carboxylic acids is 1. The molecule has 0 saturated carbocycles. The molecule has 2 rings (SSSR count). The van der Waals surface area contributed by atoms with Crippen molar-refractivity contribution in [1.82, 2.24) is 20.2 Å². The van der Waals surface area contributed by atoms with Gasteiger partial charge in [-0.15, -0.1) is 0 Å². The van der Waals surface area contributed by atoms with Crippen molar-refractivity contribution >= 4 is 23.3 Å². The molecule has 0 atom stereocenters. The Morgan fingerprint density at radius 1 is 1.32 bits per heavy atom. The van der Waals surface area contributed by atoms with Gasteiger partial charge in [-0.05, 0) is 30.9 Å². The van der Waals surface area contributed by atoms with Gasteiger partial charge in [-0.1, -0.05) is 4.98 Å². The second kappa shape index (κ2) is 7.25. The Labute approximate surface area is 140 Å². The van der Waals surface area contributed by atoms with Crippen LogP contribution in [0.1, 0.15) is 22.8 Å². The Bertz CT molecular complexity index is 873. The third-order valence-corrected chi connectivity index (χ3v) is 3.08. The Kier molecular flexibility index (Phi) is 5.12. The number of nitrogens with one attached hydrogen (secondary N) is 1. The van der Waals surface area contributed by atoms with Crippen molar-refractivity contribution in [3.05, 3.63) is 55.9 Å². The monoisotopic (exact) mass is 347 g/mol. The van der Waals surface area contributed by atoms with Gasteiger partial charge in [0.15, 0.2) is 0 Å². The second-order valence-electron chi connectivity index (χ2n) is 5.05. The zero-order valence-electron chi connectivity index (χ0n) is 13.2. The number of aryl methyl sites for hydroxylation is 1. The predicted octanol–water partition coefficient (Wildman–Crippen LogP) is 1.21. The summed E-state index contributed by atoms with van der Waals surface area (Å²) in [6.07, 6.45) is 1.18. The summed E-state index contributed by atoms with van der Waals surface area (Å²) in [7, 11) is 0. The molecule has 0 bridgehead atoms. The van der Waals surface area contributed by atoms with Crippen LogP contribution in [0.5, 0.6) is 0 Å². The fraction of sp³-hybridized carbons (Fsp3) is 0.231. The van der Waals surface area contributed by atoms with E-state index in [0.29, 0.717) is 11.3 Å². The number of nitro benzene ring substituents is 1. The SMILES string of the molecule is CC(Cn1cnc([N+](=O)[O-])n1)=NNC(=O)c1ccc([N+](=O)[O-])c(C)c1. The lowest BCUT2D eigenvalue weighted by molar-refractivity contribution is -0.394. The first kappa shape index (κ1) is 17.7. The van der Waals surface area contributed by atoms with Crippen LogP contribution in [-0.4, -0.2) is 36.2 Å². The number of hydrazone groups is 1. The van der Waals surface area contributed by atoms with E-state index in [1.54, 1.807) is 6.92 Å². The van der Waals surface area contributed by atoms with Crippen LogP contribution in [0.4, 0.5) is 11.6 Å². The fourth-order valence-corrected chi connectivity index (χ4v) is 1.93. The lowest BCUT2D eigenvalue weighted by Gasteiger charge is -2.03. The minimum absolute atomic E-state index is 0.0796. The molecule has 12 nitrogen and oxygen atoms in total. The number of aromatic nitrogens is 3. The van der Waals surface area contributed by atoms with Gasteiger partial charge in [0.2, 0.25) is 6.33 Å². The van der Waals surface area contributed by atoms with Crippen LogP contribution in [0.3, 0.4) is 0 Å². The van der Waals surface area contributed by atoms with E-state index >= 15 is 0 Å². The molecule has 0 aliphatic carbocycles. The van der Waals surface area contributed by atoms with Crippen LogP contribution < -0.4 is 5.43 Å². The van der Waals surface area contributed by atoms with Crippen LogP contribution in [0.15, 0.2) is 29.6 Å². The first-order valence-corrected chi connectivity index (χ1v) is 6.90. The number of nitro groups is 2. The number of benzene rings is 1. The summed E-state index contributed by atoms with van der Waals surface area (Å²) in [5.74, 6) is -1.07. The molecule has 0 spiro atoms. The third-order valence-electron chi connectivity index (χ3n) is 3.08. The molecule has 1 aromatic carbocycles. The molecule has 1 N–H and O–H groups in total. The van der Waals surface area contributed by atoms with Crippen molar-refractivity contribution < 1.29 is 14.6 Å². The topological polar surface area (TPSA) is 158 Å².